The smallest absolute Gasteiger partial charge is 0.256 e. The first-order chi connectivity index (χ1) is 12.4. The summed E-state index contributed by atoms with van der Waals surface area (Å²) in [6.45, 7) is 5.09. The highest BCUT2D eigenvalue weighted by molar-refractivity contribution is 6.08. The fourth-order valence-electron chi connectivity index (χ4n) is 2.75. The Kier molecular flexibility index (Phi) is 7.21. The predicted octanol–water partition coefficient (Wildman–Crippen LogP) is 2.57. The second-order valence-electron chi connectivity index (χ2n) is 6.79. The summed E-state index contributed by atoms with van der Waals surface area (Å²) >= 11 is 0. The van der Waals surface area contributed by atoms with E-state index in [1.54, 1.807) is 6.92 Å². The molecule has 1 heterocycles. The Labute approximate surface area is 154 Å². The lowest BCUT2D eigenvalue weighted by atomic mass is 10.1. The molecule has 0 bridgehead atoms. The summed E-state index contributed by atoms with van der Waals surface area (Å²) in [6, 6.07) is 6.90. The largest absolute Gasteiger partial charge is 0.460 e. The highest BCUT2D eigenvalue weighted by Gasteiger charge is 2.23. The summed E-state index contributed by atoms with van der Waals surface area (Å²) in [5.74, 6) is 0.227. The van der Waals surface area contributed by atoms with Crippen LogP contribution in [0.4, 0.5) is 0 Å². The summed E-state index contributed by atoms with van der Waals surface area (Å²) in [5.41, 5.74) is 1.24. The van der Waals surface area contributed by atoms with Crippen molar-refractivity contribution in [2.24, 2.45) is 0 Å². The van der Waals surface area contributed by atoms with E-state index in [0.29, 0.717) is 29.9 Å². The van der Waals surface area contributed by atoms with Crippen molar-refractivity contribution in [3.63, 3.8) is 0 Å². The Morgan fingerprint density at radius 2 is 1.96 bits per heavy atom. The number of para-hydroxylation sites is 1. The maximum absolute atomic E-state index is 12.8. The van der Waals surface area contributed by atoms with E-state index >= 15 is 0 Å². The standard InChI is InChI=1S/C20H29N3O3/c1-5-6-10-17-18(15-9-7-8-11-16(15)26-17)20(25)22-14(2)19(24)21-12-13-23(3)4/h7-9,11,14H,5-6,10,12-13H2,1-4H3,(H,21,24)(H,22,25). The summed E-state index contributed by atoms with van der Waals surface area (Å²) in [5, 5.41) is 6.42. The van der Waals surface area contributed by atoms with Crippen molar-refractivity contribution in [2.45, 2.75) is 39.2 Å². The summed E-state index contributed by atoms with van der Waals surface area (Å²) in [6.07, 6.45) is 2.67. The number of fused-ring (bicyclic) bond motifs is 1. The van der Waals surface area contributed by atoms with E-state index < -0.39 is 6.04 Å². The van der Waals surface area contributed by atoms with Crippen LogP contribution in [0.5, 0.6) is 0 Å². The van der Waals surface area contributed by atoms with Gasteiger partial charge in [-0.25, -0.2) is 0 Å². The minimum Gasteiger partial charge on any atom is -0.460 e. The van der Waals surface area contributed by atoms with Gasteiger partial charge in [-0.15, -0.1) is 0 Å². The van der Waals surface area contributed by atoms with Gasteiger partial charge in [0, 0.05) is 24.9 Å². The Bertz CT molecular complexity index is 752. The first kappa shape index (κ1) is 20.0. The number of amides is 2. The van der Waals surface area contributed by atoms with E-state index in [4.69, 9.17) is 4.42 Å². The number of furan rings is 1. The molecule has 2 amide bonds. The van der Waals surface area contributed by atoms with Crippen LogP contribution in [-0.4, -0.2) is 49.9 Å². The molecule has 2 aromatic rings. The molecule has 0 aliphatic heterocycles. The minimum absolute atomic E-state index is 0.192. The predicted molar refractivity (Wildman–Crippen MR) is 103 cm³/mol. The molecule has 0 radical (unpaired) electrons. The van der Waals surface area contributed by atoms with Gasteiger partial charge in [-0.3, -0.25) is 9.59 Å². The first-order valence-corrected chi connectivity index (χ1v) is 9.17. The van der Waals surface area contributed by atoms with Crippen LogP contribution in [0.2, 0.25) is 0 Å². The van der Waals surface area contributed by atoms with Gasteiger partial charge < -0.3 is 20.0 Å². The van der Waals surface area contributed by atoms with Crippen molar-refractivity contribution in [1.29, 1.82) is 0 Å². The van der Waals surface area contributed by atoms with E-state index in [0.717, 1.165) is 24.8 Å². The monoisotopic (exact) mass is 359 g/mol. The number of nitrogens with zero attached hydrogens (tertiary/aromatic N) is 1. The average Bonchev–Trinajstić information content (AvgIpc) is 2.97. The molecule has 2 rings (SSSR count). The van der Waals surface area contributed by atoms with E-state index in [-0.39, 0.29) is 11.8 Å². The summed E-state index contributed by atoms with van der Waals surface area (Å²) < 4.78 is 5.89. The van der Waals surface area contributed by atoms with Gasteiger partial charge >= 0.3 is 0 Å². The molecule has 26 heavy (non-hydrogen) atoms. The Hall–Kier alpha value is -2.34. The number of carbonyl (C=O) groups is 2. The molecule has 0 fully saturated rings. The van der Waals surface area contributed by atoms with Crippen LogP contribution in [0.1, 0.15) is 42.8 Å². The summed E-state index contributed by atoms with van der Waals surface area (Å²) in [7, 11) is 3.89. The molecule has 1 atom stereocenters. The molecular formula is C20H29N3O3. The van der Waals surface area contributed by atoms with Crippen LogP contribution in [0.3, 0.4) is 0 Å². The van der Waals surface area contributed by atoms with Crippen molar-refractivity contribution < 1.29 is 14.0 Å². The molecule has 2 N–H and O–H groups in total. The molecular weight excluding hydrogens is 330 g/mol. The van der Waals surface area contributed by atoms with Crippen LogP contribution in [-0.2, 0) is 11.2 Å². The fraction of sp³-hybridized carbons (Fsp3) is 0.500. The van der Waals surface area contributed by atoms with Crippen LogP contribution in [0.25, 0.3) is 11.0 Å². The van der Waals surface area contributed by atoms with Gasteiger partial charge in [0.1, 0.15) is 17.4 Å². The van der Waals surface area contributed by atoms with Gasteiger partial charge in [-0.1, -0.05) is 31.5 Å². The average molecular weight is 359 g/mol. The fourth-order valence-corrected chi connectivity index (χ4v) is 2.75. The van der Waals surface area contributed by atoms with E-state index in [1.807, 2.05) is 43.3 Å². The molecule has 0 saturated carbocycles. The maximum atomic E-state index is 12.8. The highest BCUT2D eigenvalue weighted by atomic mass is 16.3. The van der Waals surface area contributed by atoms with Gasteiger partial charge in [0.05, 0.1) is 5.56 Å². The van der Waals surface area contributed by atoms with Crippen LogP contribution >= 0.6 is 0 Å². The Balaban J connectivity index is 2.11. The topological polar surface area (TPSA) is 74.6 Å². The van der Waals surface area contributed by atoms with Crippen LogP contribution in [0, 0.1) is 0 Å². The van der Waals surface area contributed by atoms with Crippen molar-refractivity contribution in [2.75, 3.05) is 27.2 Å². The first-order valence-electron chi connectivity index (χ1n) is 9.17. The molecule has 0 aliphatic carbocycles. The summed E-state index contributed by atoms with van der Waals surface area (Å²) in [4.78, 5) is 27.0. The lowest BCUT2D eigenvalue weighted by Gasteiger charge is -2.16. The molecule has 6 nitrogen and oxygen atoms in total. The molecule has 142 valence electrons. The van der Waals surface area contributed by atoms with Crippen molar-refractivity contribution in [1.82, 2.24) is 15.5 Å². The normalized spacial score (nSPS) is 12.3. The Morgan fingerprint density at radius 1 is 1.23 bits per heavy atom. The van der Waals surface area contributed by atoms with E-state index in [9.17, 15) is 9.59 Å². The number of hydrogen-bond donors (Lipinski definition) is 2. The van der Waals surface area contributed by atoms with Crippen molar-refractivity contribution in [3.05, 3.63) is 35.6 Å². The SMILES string of the molecule is CCCCc1oc2ccccc2c1C(=O)NC(C)C(=O)NCCN(C)C. The van der Waals surface area contributed by atoms with Gasteiger partial charge in [-0.2, -0.15) is 0 Å². The molecule has 1 aromatic carbocycles. The van der Waals surface area contributed by atoms with Gasteiger partial charge in [0.25, 0.3) is 5.91 Å². The van der Waals surface area contributed by atoms with Crippen LogP contribution < -0.4 is 10.6 Å². The zero-order valence-electron chi connectivity index (χ0n) is 16.1. The van der Waals surface area contributed by atoms with Gasteiger partial charge in [0.15, 0.2) is 0 Å². The molecule has 0 saturated heterocycles. The van der Waals surface area contributed by atoms with Gasteiger partial charge in [0.2, 0.25) is 5.91 Å². The molecule has 1 unspecified atom stereocenters. The number of benzene rings is 1. The second kappa shape index (κ2) is 9.38. The number of nitrogens with one attached hydrogen (secondary N) is 2. The maximum Gasteiger partial charge on any atom is 0.256 e. The number of carbonyl (C=O) groups excluding carboxylic acids is 2. The van der Waals surface area contributed by atoms with E-state index in [2.05, 4.69) is 17.6 Å². The molecule has 0 aliphatic rings. The zero-order valence-corrected chi connectivity index (χ0v) is 16.1. The lowest BCUT2D eigenvalue weighted by Crippen LogP contribution is -2.46. The number of rotatable bonds is 9. The number of unbranched alkanes of at least 4 members (excludes halogenated alkanes) is 1. The molecule has 6 heteroatoms. The highest BCUT2D eigenvalue weighted by Crippen LogP contribution is 2.27. The quantitative estimate of drug-likeness (QED) is 0.722. The molecule has 1 aromatic heterocycles. The zero-order chi connectivity index (χ0) is 19.1. The minimum atomic E-state index is -0.614. The van der Waals surface area contributed by atoms with Gasteiger partial charge in [-0.05, 0) is 33.5 Å². The third-order valence-electron chi connectivity index (χ3n) is 4.25. The number of likely N-dealkylation sites (N-methyl/N-ethyl adjacent to an activating group) is 1. The van der Waals surface area contributed by atoms with Crippen molar-refractivity contribution >= 4 is 22.8 Å². The third-order valence-corrected chi connectivity index (χ3v) is 4.25. The third kappa shape index (κ3) is 5.08. The second-order valence-corrected chi connectivity index (χ2v) is 6.79. The Morgan fingerprint density at radius 3 is 2.65 bits per heavy atom. The lowest BCUT2D eigenvalue weighted by molar-refractivity contribution is -0.122. The van der Waals surface area contributed by atoms with Crippen LogP contribution in [0.15, 0.2) is 28.7 Å². The molecule has 0 spiro atoms. The van der Waals surface area contributed by atoms with Crippen molar-refractivity contribution in [3.8, 4) is 0 Å². The number of aryl methyl sites for hydroxylation is 1. The number of hydrogen-bond acceptors (Lipinski definition) is 4. The van der Waals surface area contributed by atoms with E-state index in [1.165, 1.54) is 0 Å².